The van der Waals surface area contributed by atoms with E-state index in [1.807, 2.05) is 0 Å². The summed E-state index contributed by atoms with van der Waals surface area (Å²) < 4.78 is 13.7. The van der Waals surface area contributed by atoms with Gasteiger partial charge in [0.15, 0.2) is 0 Å². The molecule has 1 aliphatic rings. The van der Waals surface area contributed by atoms with Gasteiger partial charge in [-0.15, -0.1) is 0 Å². The minimum absolute atomic E-state index is 0.215. The molecule has 0 aliphatic carbocycles. The van der Waals surface area contributed by atoms with Crippen molar-refractivity contribution in [2.45, 2.75) is 25.3 Å². The van der Waals surface area contributed by atoms with Crippen molar-refractivity contribution in [1.82, 2.24) is 10.2 Å². The summed E-state index contributed by atoms with van der Waals surface area (Å²) in [7, 11) is 2.15. The van der Waals surface area contributed by atoms with Crippen molar-refractivity contribution >= 4 is 11.6 Å². The normalized spacial score (nSPS) is 18.2. The molecule has 18 heavy (non-hydrogen) atoms. The van der Waals surface area contributed by atoms with Gasteiger partial charge < -0.3 is 10.2 Å². The molecule has 0 atom stereocenters. The topological polar surface area (TPSA) is 15.3 Å². The molecule has 1 N–H and O–H groups in total. The van der Waals surface area contributed by atoms with Crippen LogP contribution in [0, 0.1) is 5.82 Å². The summed E-state index contributed by atoms with van der Waals surface area (Å²) in [6, 6.07) is 5.77. The van der Waals surface area contributed by atoms with E-state index in [4.69, 9.17) is 11.6 Å². The minimum Gasteiger partial charge on any atom is -0.314 e. The Labute approximate surface area is 113 Å². The summed E-state index contributed by atoms with van der Waals surface area (Å²) in [5.41, 5.74) is 0.697. The smallest absolute Gasteiger partial charge is 0.145 e. The van der Waals surface area contributed by atoms with E-state index in [0.29, 0.717) is 18.0 Å². The average molecular weight is 271 g/mol. The summed E-state index contributed by atoms with van der Waals surface area (Å²) in [6.07, 6.45) is 3.04. The lowest BCUT2D eigenvalue weighted by atomic mass is 10.0. The predicted octanol–water partition coefficient (Wildman–Crippen LogP) is 2.71. The van der Waals surface area contributed by atoms with Gasteiger partial charge in [-0.25, -0.2) is 4.39 Å². The summed E-state index contributed by atoms with van der Waals surface area (Å²) in [4.78, 5) is 2.34. The maximum atomic E-state index is 13.7. The van der Waals surface area contributed by atoms with Crippen molar-refractivity contribution in [2.24, 2.45) is 0 Å². The van der Waals surface area contributed by atoms with Crippen LogP contribution in [0.5, 0.6) is 0 Å². The summed E-state index contributed by atoms with van der Waals surface area (Å²) in [5, 5.41) is 3.72. The van der Waals surface area contributed by atoms with Crippen LogP contribution in [-0.2, 0) is 6.42 Å². The zero-order valence-corrected chi connectivity index (χ0v) is 11.5. The standard InChI is InChI=1S/C14H20ClFN2/c1-18-9-6-12(7-10-18)17-8-5-11-3-2-4-13(15)14(11)16/h2-4,12,17H,5-10H2,1H3. The van der Waals surface area contributed by atoms with E-state index >= 15 is 0 Å². The van der Waals surface area contributed by atoms with Gasteiger partial charge in [-0.3, -0.25) is 0 Å². The van der Waals surface area contributed by atoms with Crippen LogP contribution in [0.25, 0.3) is 0 Å². The highest BCUT2D eigenvalue weighted by molar-refractivity contribution is 6.30. The number of hydrogen-bond acceptors (Lipinski definition) is 2. The molecule has 2 nitrogen and oxygen atoms in total. The van der Waals surface area contributed by atoms with Gasteiger partial charge >= 0.3 is 0 Å². The molecule has 100 valence electrons. The van der Waals surface area contributed by atoms with Gasteiger partial charge in [0, 0.05) is 6.04 Å². The van der Waals surface area contributed by atoms with E-state index < -0.39 is 0 Å². The monoisotopic (exact) mass is 270 g/mol. The third kappa shape index (κ3) is 3.67. The van der Waals surface area contributed by atoms with Crippen molar-refractivity contribution in [3.8, 4) is 0 Å². The highest BCUT2D eigenvalue weighted by atomic mass is 35.5. The molecule has 1 fully saturated rings. The van der Waals surface area contributed by atoms with Gasteiger partial charge in [0.05, 0.1) is 5.02 Å². The van der Waals surface area contributed by atoms with Crippen molar-refractivity contribution in [3.63, 3.8) is 0 Å². The van der Waals surface area contributed by atoms with Crippen molar-refractivity contribution in [2.75, 3.05) is 26.7 Å². The number of nitrogens with zero attached hydrogens (tertiary/aromatic N) is 1. The van der Waals surface area contributed by atoms with Gasteiger partial charge in [0.25, 0.3) is 0 Å². The zero-order chi connectivity index (χ0) is 13.0. The highest BCUT2D eigenvalue weighted by Crippen LogP contribution is 2.18. The second-order valence-electron chi connectivity index (χ2n) is 4.99. The molecule has 0 bridgehead atoms. The molecule has 1 heterocycles. The Morgan fingerprint density at radius 3 is 2.83 bits per heavy atom. The fourth-order valence-electron chi connectivity index (χ4n) is 2.37. The number of likely N-dealkylation sites (tertiary alicyclic amines) is 1. The molecule has 0 unspecified atom stereocenters. The number of benzene rings is 1. The Balaban J connectivity index is 1.77. The quantitative estimate of drug-likeness (QED) is 0.905. The van der Waals surface area contributed by atoms with Crippen molar-refractivity contribution in [3.05, 3.63) is 34.6 Å². The van der Waals surface area contributed by atoms with Crippen LogP contribution in [0.2, 0.25) is 5.02 Å². The molecule has 0 spiro atoms. The number of piperidine rings is 1. The van der Waals surface area contributed by atoms with Crippen LogP contribution in [0.4, 0.5) is 4.39 Å². The van der Waals surface area contributed by atoms with Crippen LogP contribution in [0.3, 0.4) is 0 Å². The van der Waals surface area contributed by atoms with E-state index in [9.17, 15) is 4.39 Å². The maximum Gasteiger partial charge on any atom is 0.145 e. The largest absolute Gasteiger partial charge is 0.314 e. The van der Waals surface area contributed by atoms with Gasteiger partial charge in [-0.1, -0.05) is 23.7 Å². The maximum absolute atomic E-state index is 13.7. The number of nitrogens with one attached hydrogen (secondary N) is 1. The van der Waals surface area contributed by atoms with Gasteiger partial charge in [0.1, 0.15) is 5.82 Å². The Hall–Kier alpha value is -0.640. The number of halogens is 2. The van der Waals surface area contributed by atoms with Gasteiger partial charge in [-0.2, -0.15) is 0 Å². The van der Waals surface area contributed by atoms with Crippen LogP contribution in [-0.4, -0.2) is 37.6 Å². The number of hydrogen-bond donors (Lipinski definition) is 1. The molecule has 4 heteroatoms. The van der Waals surface area contributed by atoms with E-state index in [1.165, 1.54) is 12.8 Å². The second-order valence-corrected chi connectivity index (χ2v) is 5.40. The first-order chi connectivity index (χ1) is 8.66. The lowest BCUT2D eigenvalue weighted by Crippen LogP contribution is -2.41. The molecular formula is C14H20ClFN2. The minimum atomic E-state index is -0.274. The SMILES string of the molecule is CN1CCC(NCCc2cccc(Cl)c2F)CC1. The predicted molar refractivity (Wildman–Crippen MR) is 73.6 cm³/mol. The van der Waals surface area contributed by atoms with Gasteiger partial charge in [-0.05, 0) is 57.6 Å². The Bertz CT molecular complexity index is 389. The molecule has 1 aromatic rings. The fourth-order valence-corrected chi connectivity index (χ4v) is 2.56. The Morgan fingerprint density at radius 2 is 2.11 bits per heavy atom. The average Bonchev–Trinajstić information content (AvgIpc) is 2.37. The molecule has 0 saturated carbocycles. The van der Waals surface area contributed by atoms with Crippen LogP contribution < -0.4 is 5.32 Å². The molecule has 0 amide bonds. The lowest BCUT2D eigenvalue weighted by Gasteiger charge is -2.29. The van der Waals surface area contributed by atoms with Crippen LogP contribution >= 0.6 is 11.6 Å². The molecule has 1 aromatic carbocycles. The third-order valence-electron chi connectivity index (χ3n) is 3.58. The highest BCUT2D eigenvalue weighted by Gasteiger charge is 2.15. The molecule has 0 radical (unpaired) electrons. The van der Waals surface area contributed by atoms with Crippen molar-refractivity contribution < 1.29 is 4.39 Å². The second kappa shape index (κ2) is 6.50. The first-order valence-electron chi connectivity index (χ1n) is 6.51. The Morgan fingerprint density at radius 1 is 1.39 bits per heavy atom. The third-order valence-corrected chi connectivity index (χ3v) is 3.87. The number of rotatable bonds is 4. The molecule has 1 aliphatic heterocycles. The molecule has 2 rings (SSSR count). The van der Waals surface area contributed by atoms with Crippen LogP contribution in [0.1, 0.15) is 18.4 Å². The van der Waals surface area contributed by atoms with E-state index in [1.54, 1.807) is 18.2 Å². The molecule has 1 saturated heterocycles. The van der Waals surface area contributed by atoms with Crippen LogP contribution in [0.15, 0.2) is 18.2 Å². The summed E-state index contributed by atoms with van der Waals surface area (Å²) in [5.74, 6) is -0.274. The summed E-state index contributed by atoms with van der Waals surface area (Å²) >= 11 is 5.76. The van der Waals surface area contributed by atoms with Gasteiger partial charge in [0.2, 0.25) is 0 Å². The molecule has 0 aromatic heterocycles. The first kappa shape index (κ1) is 13.8. The van der Waals surface area contributed by atoms with E-state index in [2.05, 4.69) is 17.3 Å². The van der Waals surface area contributed by atoms with E-state index in [0.717, 1.165) is 19.6 Å². The lowest BCUT2D eigenvalue weighted by molar-refractivity contribution is 0.235. The molecular weight excluding hydrogens is 251 g/mol. The van der Waals surface area contributed by atoms with E-state index in [-0.39, 0.29) is 10.8 Å². The Kier molecular flexibility index (Phi) is 4.98. The summed E-state index contributed by atoms with van der Waals surface area (Å²) in [6.45, 7) is 3.10. The fraction of sp³-hybridized carbons (Fsp3) is 0.571. The first-order valence-corrected chi connectivity index (χ1v) is 6.89. The zero-order valence-electron chi connectivity index (χ0n) is 10.8. The van der Waals surface area contributed by atoms with Crippen molar-refractivity contribution in [1.29, 1.82) is 0 Å².